The molecule has 0 aliphatic heterocycles. The van der Waals surface area contributed by atoms with Crippen LogP contribution < -0.4 is 11.1 Å². The smallest absolute Gasteiger partial charge is 0.322 e. The number of nitrogens with one attached hydrogen (secondary N) is 1. The van der Waals surface area contributed by atoms with Crippen LogP contribution in [0.2, 0.25) is 0 Å². The van der Waals surface area contributed by atoms with E-state index in [1.807, 2.05) is 36.4 Å². The molecule has 0 spiro atoms. The summed E-state index contributed by atoms with van der Waals surface area (Å²) in [6.07, 6.45) is 0.177. The van der Waals surface area contributed by atoms with Gasteiger partial charge in [-0.05, 0) is 11.1 Å². The lowest BCUT2D eigenvalue weighted by atomic mass is 9.99. The number of rotatable bonds is 6. The largest absolute Gasteiger partial charge is 0.480 e. The van der Waals surface area contributed by atoms with Crippen LogP contribution in [0, 0.1) is 0 Å². The maximum atomic E-state index is 12.2. The number of aliphatic carboxylic acids is 1. The monoisotopic (exact) mass is 298 g/mol. The number of carbonyl (C=O) groups is 2. The van der Waals surface area contributed by atoms with Crippen LogP contribution in [0.25, 0.3) is 0 Å². The molecule has 1 amide bonds. The van der Waals surface area contributed by atoms with Crippen LogP contribution in [0.5, 0.6) is 0 Å². The van der Waals surface area contributed by atoms with Crippen LogP contribution in [-0.2, 0) is 16.0 Å². The minimum absolute atomic E-state index is 0.177. The summed E-state index contributed by atoms with van der Waals surface area (Å²) in [6, 6.07) is 16.1. The second-order valence-electron chi connectivity index (χ2n) is 4.98. The van der Waals surface area contributed by atoms with Gasteiger partial charge in [0.05, 0.1) is 12.5 Å². The molecule has 2 aromatic rings. The summed E-state index contributed by atoms with van der Waals surface area (Å²) >= 11 is 0. The van der Waals surface area contributed by atoms with Crippen LogP contribution >= 0.6 is 0 Å². The van der Waals surface area contributed by atoms with E-state index in [1.54, 1.807) is 24.3 Å². The lowest BCUT2D eigenvalue weighted by molar-refractivity contribution is -0.139. The molecule has 0 fully saturated rings. The van der Waals surface area contributed by atoms with E-state index in [1.165, 1.54) is 0 Å². The molecule has 2 rings (SSSR count). The topological polar surface area (TPSA) is 92.4 Å². The average molecular weight is 298 g/mol. The Kier molecular flexibility index (Phi) is 5.27. The van der Waals surface area contributed by atoms with Crippen LogP contribution in [0.1, 0.15) is 17.2 Å². The van der Waals surface area contributed by atoms with Gasteiger partial charge in [0.25, 0.3) is 0 Å². The number of carbonyl (C=O) groups excluding carboxylic acids is 1. The number of hydrogen-bond acceptors (Lipinski definition) is 3. The molecule has 0 saturated heterocycles. The minimum Gasteiger partial charge on any atom is -0.480 e. The van der Waals surface area contributed by atoms with Gasteiger partial charge in [-0.3, -0.25) is 9.59 Å². The molecule has 5 heteroatoms. The fourth-order valence-corrected chi connectivity index (χ4v) is 2.19. The molecule has 0 saturated carbocycles. The van der Waals surface area contributed by atoms with Gasteiger partial charge in [0.15, 0.2) is 0 Å². The molecular formula is C17H18N2O3. The van der Waals surface area contributed by atoms with Crippen LogP contribution in [-0.4, -0.2) is 23.0 Å². The first-order valence-electron chi connectivity index (χ1n) is 6.94. The molecule has 4 N–H and O–H groups in total. The third-order valence-corrected chi connectivity index (χ3v) is 3.33. The molecule has 0 radical (unpaired) electrons. The number of hydrogen-bond donors (Lipinski definition) is 3. The normalized spacial score (nSPS) is 13.1. The van der Waals surface area contributed by atoms with Gasteiger partial charge in [0.1, 0.15) is 6.04 Å². The van der Waals surface area contributed by atoms with E-state index >= 15 is 0 Å². The molecule has 0 bridgehead atoms. The number of nitrogens with two attached hydrogens (primary N) is 1. The first kappa shape index (κ1) is 15.7. The zero-order valence-corrected chi connectivity index (χ0v) is 12.0. The summed E-state index contributed by atoms with van der Waals surface area (Å²) < 4.78 is 0. The molecule has 2 atom stereocenters. The molecule has 2 aromatic carbocycles. The van der Waals surface area contributed by atoms with Crippen molar-refractivity contribution in [1.29, 1.82) is 0 Å². The fourth-order valence-electron chi connectivity index (χ4n) is 2.19. The Morgan fingerprint density at radius 2 is 1.55 bits per heavy atom. The highest BCUT2D eigenvalue weighted by atomic mass is 16.4. The Morgan fingerprint density at radius 1 is 1.00 bits per heavy atom. The van der Waals surface area contributed by atoms with Gasteiger partial charge in [-0.25, -0.2) is 0 Å². The van der Waals surface area contributed by atoms with Crippen molar-refractivity contribution in [3.63, 3.8) is 0 Å². The zero-order valence-electron chi connectivity index (χ0n) is 12.0. The van der Waals surface area contributed by atoms with E-state index in [9.17, 15) is 9.59 Å². The molecule has 0 aliphatic carbocycles. The minimum atomic E-state index is -1.21. The highest BCUT2D eigenvalue weighted by Crippen LogP contribution is 2.16. The third kappa shape index (κ3) is 4.17. The molecule has 5 nitrogen and oxygen atoms in total. The second kappa shape index (κ2) is 7.38. The predicted molar refractivity (Wildman–Crippen MR) is 83.1 cm³/mol. The van der Waals surface area contributed by atoms with Gasteiger partial charge in [-0.15, -0.1) is 0 Å². The van der Waals surface area contributed by atoms with Crippen molar-refractivity contribution < 1.29 is 14.7 Å². The highest BCUT2D eigenvalue weighted by molar-refractivity contribution is 5.81. The van der Waals surface area contributed by atoms with Crippen molar-refractivity contribution in [1.82, 2.24) is 5.32 Å². The van der Waals surface area contributed by atoms with Crippen molar-refractivity contribution >= 4 is 11.9 Å². The Labute approximate surface area is 128 Å². The van der Waals surface area contributed by atoms with Crippen molar-refractivity contribution in [2.24, 2.45) is 5.73 Å². The quantitative estimate of drug-likeness (QED) is 0.753. The van der Waals surface area contributed by atoms with E-state index < -0.39 is 18.1 Å². The number of amides is 1. The zero-order chi connectivity index (χ0) is 15.9. The first-order valence-corrected chi connectivity index (χ1v) is 6.94. The molecule has 0 heterocycles. The van der Waals surface area contributed by atoms with Crippen molar-refractivity contribution in [2.45, 2.75) is 18.5 Å². The standard InChI is InChI=1S/C17H18N2O3/c18-15(17(21)22)16(13-9-5-2-6-10-13)19-14(20)11-12-7-3-1-4-8-12/h1-10,15-16H,11,18H2,(H,19,20)(H,21,22). The van der Waals surface area contributed by atoms with E-state index in [4.69, 9.17) is 10.8 Å². The van der Waals surface area contributed by atoms with Crippen LogP contribution in [0.15, 0.2) is 60.7 Å². The lowest BCUT2D eigenvalue weighted by Gasteiger charge is -2.22. The Morgan fingerprint density at radius 3 is 2.09 bits per heavy atom. The summed E-state index contributed by atoms with van der Waals surface area (Å²) in [6.45, 7) is 0. The van der Waals surface area contributed by atoms with E-state index in [2.05, 4.69) is 5.32 Å². The van der Waals surface area contributed by atoms with E-state index in [0.29, 0.717) is 5.56 Å². The summed E-state index contributed by atoms with van der Waals surface area (Å²) in [5.41, 5.74) is 7.24. The van der Waals surface area contributed by atoms with Gasteiger partial charge in [0.2, 0.25) is 5.91 Å². The van der Waals surface area contributed by atoms with Crippen LogP contribution in [0.4, 0.5) is 0 Å². The Hall–Kier alpha value is -2.66. The maximum Gasteiger partial charge on any atom is 0.322 e. The number of carboxylic acid groups (broad SMARTS) is 1. The Bertz CT molecular complexity index is 629. The first-order chi connectivity index (χ1) is 10.6. The van der Waals surface area contributed by atoms with Gasteiger partial charge in [-0.2, -0.15) is 0 Å². The summed E-state index contributed by atoms with van der Waals surface area (Å²) in [5.74, 6) is -1.43. The van der Waals surface area contributed by atoms with Crippen LogP contribution in [0.3, 0.4) is 0 Å². The van der Waals surface area contributed by atoms with Gasteiger partial charge in [0, 0.05) is 0 Å². The average Bonchev–Trinajstić information content (AvgIpc) is 2.53. The maximum absolute atomic E-state index is 12.2. The van der Waals surface area contributed by atoms with Crippen molar-refractivity contribution in [2.75, 3.05) is 0 Å². The number of benzene rings is 2. The summed E-state index contributed by atoms with van der Waals surface area (Å²) in [5, 5.41) is 11.9. The number of carboxylic acids is 1. The van der Waals surface area contributed by atoms with Crippen molar-refractivity contribution in [3.05, 3.63) is 71.8 Å². The third-order valence-electron chi connectivity index (χ3n) is 3.33. The predicted octanol–water partition coefficient (Wildman–Crippen LogP) is 1.50. The lowest BCUT2D eigenvalue weighted by Crippen LogP contribution is -2.45. The molecular weight excluding hydrogens is 280 g/mol. The molecule has 2 unspecified atom stereocenters. The molecule has 22 heavy (non-hydrogen) atoms. The molecule has 114 valence electrons. The molecule has 0 aromatic heterocycles. The van der Waals surface area contributed by atoms with Gasteiger partial charge < -0.3 is 16.2 Å². The SMILES string of the molecule is NC(C(=O)O)C(NC(=O)Cc1ccccc1)c1ccccc1. The fraction of sp³-hybridized carbons (Fsp3) is 0.176. The van der Waals surface area contributed by atoms with E-state index in [-0.39, 0.29) is 12.3 Å². The summed E-state index contributed by atoms with van der Waals surface area (Å²) in [7, 11) is 0. The van der Waals surface area contributed by atoms with Crippen molar-refractivity contribution in [3.8, 4) is 0 Å². The summed E-state index contributed by atoms with van der Waals surface area (Å²) in [4.78, 5) is 23.3. The highest BCUT2D eigenvalue weighted by Gasteiger charge is 2.27. The molecule has 0 aliphatic rings. The Balaban J connectivity index is 2.13. The second-order valence-corrected chi connectivity index (χ2v) is 4.98. The van der Waals surface area contributed by atoms with Gasteiger partial charge >= 0.3 is 5.97 Å². The van der Waals surface area contributed by atoms with Gasteiger partial charge in [-0.1, -0.05) is 60.7 Å². The van der Waals surface area contributed by atoms with E-state index in [0.717, 1.165) is 5.56 Å².